The molecule has 42 heavy (non-hydrogen) atoms. The zero-order valence-corrected chi connectivity index (χ0v) is 24.5. The Morgan fingerprint density at radius 3 is 2.38 bits per heavy atom. The van der Waals surface area contributed by atoms with E-state index in [0.29, 0.717) is 18.9 Å². The third-order valence-corrected chi connectivity index (χ3v) is 7.28. The van der Waals surface area contributed by atoms with Crippen molar-refractivity contribution < 1.29 is 14.3 Å². The quantitative estimate of drug-likeness (QED) is 0.266. The van der Waals surface area contributed by atoms with Crippen LogP contribution in [-0.2, 0) is 4.74 Å². The number of carbonyl (C=O) groups excluding carboxylic acids is 1. The summed E-state index contributed by atoms with van der Waals surface area (Å²) in [4.78, 5) is 12.1. The SMILES string of the molecule is C.C.C=c1cc(-c2ccc(C(=O)CC)cc2C)cc/c1=C(/C=C\C)c1ccc(OCC2CCOC2)c(C2=CN2)c1.CC. The molecule has 3 aromatic rings. The molecule has 2 aliphatic rings. The molecule has 0 aromatic heterocycles. The summed E-state index contributed by atoms with van der Waals surface area (Å²) < 4.78 is 11.7. The standard InChI is InChI=1S/C34H35NO3.C2H6.2CH4/c1-5-7-30(26-10-13-34(31(18-26)32-19-35-32)38-21-24-14-15-37-20-24)29-12-8-25(16-23(29)4)28-11-9-27(17-22(28)3)33(36)6-2;1-2;;/h5,7-13,16-19,24,35H,4,6,14-15,20-21H2,1-3H3;1-2H3;2*1H4/b7-5-,30-29+;;;. The van der Waals surface area contributed by atoms with Gasteiger partial charge in [0.15, 0.2) is 5.78 Å². The van der Waals surface area contributed by atoms with Gasteiger partial charge in [0, 0.05) is 36.3 Å². The predicted molar refractivity (Wildman–Crippen MR) is 180 cm³/mol. The molecule has 1 unspecified atom stereocenters. The normalized spacial score (nSPS) is 15.7. The number of ether oxygens (including phenoxy) is 2. The van der Waals surface area contributed by atoms with Gasteiger partial charge in [-0.2, -0.15) is 0 Å². The number of aryl methyl sites for hydroxylation is 1. The Kier molecular flexibility index (Phi) is 13.0. The summed E-state index contributed by atoms with van der Waals surface area (Å²) >= 11 is 0. The molecule has 1 atom stereocenters. The van der Waals surface area contributed by atoms with Crippen LogP contribution in [0, 0.1) is 12.8 Å². The average molecular weight is 568 g/mol. The first-order chi connectivity index (χ1) is 19.5. The van der Waals surface area contributed by atoms with Gasteiger partial charge in [-0.25, -0.2) is 0 Å². The molecule has 0 bridgehead atoms. The highest BCUT2D eigenvalue weighted by molar-refractivity contribution is 5.96. The Morgan fingerprint density at radius 2 is 1.79 bits per heavy atom. The highest BCUT2D eigenvalue weighted by Crippen LogP contribution is 2.33. The fraction of sp³-hybridized carbons (Fsp3) is 0.342. The Balaban J connectivity index is 0.00000151. The van der Waals surface area contributed by atoms with E-state index in [0.717, 1.165) is 80.5 Å². The highest BCUT2D eigenvalue weighted by Gasteiger charge is 2.20. The number of hydrogen-bond donors (Lipinski definition) is 1. The number of ketones is 1. The fourth-order valence-corrected chi connectivity index (χ4v) is 5.05. The van der Waals surface area contributed by atoms with Crippen molar-refractivity contribution in [2.24, 2.45) is 5.92 Å². The number of carbonyl (C=O) groups is 1. The van der Waals surface area contributed by atoms with E-state index < -0.39 is 0 Å². The van der Waals surface area contributed by atoms with Crippen LogP contribution in [0.4, 0.5) is 0 Å². The molecule has 3 aromatic carbocycles. The van der Waals surface area contributed by atoms with Crippen molar-refractivity contribution in [1.82, 2.24) is 5.32 Å². The van der Waals surface area contributed by atoms with Crippen LogP contribution in [0.2, 0.25) is 0 Å². The molecule has 0 aliphatic carbocycles. The van der Waals surface area contributed by atoms with Crippen LogP contribution in [0.5, 0.6) is 5.75 Å². The summed E-state index contributed by atoms with van der Waals surface area (Å²) in [6.07, 6.45) is 7.77. The van der Waals surface area contributed by atoms with Crippen LogP contribution in [-0.4, -0.2) is 25.6 Å². The number of rotatable bonds is 9. The average Bonchev–Trinajstić information content (AvgIpc) is 3.70. The van der Waals surface area contributed by atoms with E-state index in [1.54, 1.807) is 0 Å². The maximum absolute atomic E-state index is 12.1. The van der Waals surface area contributed by atoms with Gasteiger partial charge in [0.25, 0.3) is 0 Å². The van der Waals surface area contributed by atoms with Gasteiger partial charge < -0.3 is 14.8 Å². The Bertz CT molecular complexity index is 1540. The van der Waals surface area contributed by atoms with Crippen molar-refractivity contribution in [1.29, 1.82) is 0 Å². The second kappa shape index (κ2) is 15.9. The third kappa shape index (κ3) is 7.89. The summed E-state index contributed by atoms with van der Waals surface area (Å²) in [5.41, 5.74) is 8.46. The number of nitrogens with one attached hydrogen (secondary N) is 1. The predicted octanol–water partition coefficient (Wildman–Crippen LogP) is 8.06. The van der Waals surface area contributed by atoms with Crippen molar-refractivity contribution in [2.75, 3.05) is 19.8 Å². The van der Waals surface area contributed by atoms with Crippen LogP contribution in [0.25, 0.3) is 29.0 Å². The third-order valence-electron chi connectivity index (χ3n) is 7.28. The maximum Gasteiger partial charge on any atom is 0.162 e. The molecule has 0 saturated carbocycles. The van der Waals surface area contributed by atoms with Crippen molar-refractivity contribution >= 4 is 23.6 Å². The second-order valence-corrected chi connectivity index (χ2v) is 10.0. The van der Waals surface area contributed by atoms with Crippen molar-refractivity contribution in [3.05, 3.63) is 106 Å². The molecule has 2 aliphatic heterocycles. The summed E-state index contributed by atoms with van der Waals surface area (Å²) in [7, 11) is 0. The van der Waals surface area contributed by atoms with Crippen LogP contribution < -0.4 is 20.5 Å². The first-order valence-corrected chi connectivity index (χ1v) is 14.4. The molecular weight excluding hydrogens is 518 g/mol. The minimum atomic E-state index is 0. The lowest BCUT2D eigenvalue weighted by Gasteiger charge is -2.15. The lowest BCUT2D eigenvalue weighted by atomic mass is 9.94. The number of Topliss-reactive ketones (excluding diaryl/α,β-unsaturated/α-hetero) is 1. The van der Waals surface area contributed by atoms with Gasteiger partial charge in [0.05, 0.1) is 18.9 Å². The van der Waals surface area contributed by atoms with Gasteiger partial charge in [-0.05, 0) is 82.8 Å². The van der Waals surface area contributed by atoms with E-state index in [2.05, 4.69) is 67.4 Å². The summed E-state index contributed by atoms with van der Waals surface area (Å²) in [6, 6.07) is 18.8. The van der Waals surface area contributed by atoms with Crippen molar-refractivity contribution in [2.45, 2.75) is 62.3 Å². The van der Waals surface area contributed by atoms with Crippen LogP contribution in [0.1, 0.15) is 82.4 Å². The monoisotopic (exact) mass is 567 g/mol. The number of allylic oxidation sites excluding steroid dienone is 2. The zero-order chi connectivity index (χ0) is 28.6. The molecule has 0 amide bonds. The van der Waals surface area contributed by atoms with Crippen LogP contribution in [0.15, 0.2) is 72.9 Å². The molecule has 1 fully saturated rings. The summed E-state index contributed by atoms with van der Waals surface area (Å²) in [6.45, 7) is 16.7. The smallest absolute Gasteiger partial charge is 0.162 e. The topological polar surface area (TPSA) is 57.5 Å². The van der Waals surface area contributed by atoms with Crippen LogP contribution >= 0.6 is 0 Å². The molecule has 4 nitrogen and oxygen atoms in total. The molecule has 2 heterocycles. The van der Waals surface area contributed by atoms with Gasteiger partial charge in [0.1, 0.15) is 5.75 Å². The van der Waals surface area contributed by atoms with Gasteiger partial charge in [-0.15, -0.1) is 0 Å². The fourth-order valence-electron chi connectivity index (χ4n) is 5.05. The lowest BCUT2D eigenvalue weighted by Crippen LogP contribution is -2.25. The van der Waals surface area contributed by atoms with Crippen molar-refractivity contribution in [3.8, 4) is 16.9 Å². The van der Waals surface area contributed by atoms with E-state index >= 15 is 0 Å². The van der Waals surface area contributed by atoms with E-state index in [1.807, 2.05) is 52.1 Å². The van der Waals surface area contributed by atoms with E-state index in [4.69, 9.17) is 9.47 Å². The van der Waals surface area contributed by atoms with E-state index in [9.17, 15) is 4.79 Å². The minimum Gasteiger partial charge on any atom is -0.493 e. The lowest BCUT2D eigenvalue weighted by molar-refractivity contribution is 0.0988. The van der Waals surface area contributed by atoms with Gasteiger partial charge >= 0.3 is 0 Å². The first-order valence-electron chi connectivity index (χ1n) is 14.4. The van der Waals surface area contributed by atoms with Crippen LogP contribution in [0.3, 0.4) is 0 Å². The highest BCUT2D eigenvalue weighted by atomic mass is 16.5. The maximum atomic E-state index is 12.1. The molecule has 0 radical (unpaired) electrons. The van der Waals surface area contributed by atoms with Gasteiger partial charge in [-0.3, -0.25) is 4.79 Å². The van der Waals surface area contributed by atoms with Crippen molar-refractivity contribution in [3.63, 3.8) is 0 Å². The second-order valence-electron chi connectivity index (χ2n) is 10.0. The van der Waals surface area contributed by atoms with Gasteiger partial charge in [0.2, 0.25) is 0 Å². The summed E-state index contributed by atoms with van der Waals surface area (Å²) in [5, 5.41) is 5.28. The minimum absolute atomic E-state index is 0. The van der Waals surface area contributed by atoms with E-state index in [-0.39, 0.29) is 20.6 Å². The van der Waals surface area contributed by atoms with E-state index in [1.165, 1.54) is 0 Å². The molecule has 4 heteroatoms. The Labute approximate surface area is 253 Å². The molecule has 0 spiro atoms. The van der Waals surface area contributed by atoms with Gasteiger partial charge in [-0.1, -0.05) is 84.7 Å². The molecule has 1 N–H and O–H groups in total. The molecule has 224 valence electrons. The Hall–Kier alpha value is -3.89. The largest absolute Gasteiger partial charge is 0.493 e. The molecule has 5 rings (SSSR count). The Morgan fingerprint density at radius 1 is 1.05 bits per heavy atom. The number of benzene rings is 3. The summed E-state index contributed by atoms with van der Waals surface area (Å²) in [5.74, 6) is 1.51. The zero-order valence-electron chi connectivity index (χ0n) is 24.5. The molecule has 1 saturated heterocycles. The first kappa shape index (κ1) is 34.3. The molecular formula is C38H49NO3. The number of hydrogen-bond acceptors (Lipinski definition) is 4.